The van der Waals surface area contributed by atoms with Crippen LogP contribution >= 0.6 is 24.0 Å². The molecular weight excluding hydrogens is 431 g/mol. The average molecular weight is 457 g/mol. The summed E-state index contributed by atoms with van der Waals surface area (Å²) in [6.07, 6.45) is 3.91. The number of carbonyl (C=O) groups is 1. The summed E-state index contributed by atoms with van der Waals surface area (Å²) in [7, 11) is 0. The molecule has 0 saturated carbocycles. The molecule has 2 aromatic carbocycles. The van der Waals surface area contributed by atoms with Crippen molar-refractivity contribution in [1.82, 2.24) is 20.4 Å². The third-order valence-corrected chi connectivity index (χ3v) is 6.64. The second kappa shape index (κ2) is 9.51. The van der Waals surface area contributed by atoms with E-state index in [4.69, 9.17) is 11.6 Å². The molecule has 7 heteroatoms. The number of nitrogens with zero attached hydrogens (tertiary/aromatic N) is 3. The van der Waals surface area contributed by atoms with Crippen molar-refractivity contribution in [3.8, 4) is 11.3 Å². The lowest BCUT2D eigenvalue weighted by molar-refractivity contribution is -0.134. The lowest BCUT2D eigenvalue weighted by atomic mass is 9.89. The molecule has 0 bridgehead atoms. The van der Waals surface area contributed by atoms with Crippen LogP contribution in [0.5, 0.6) is 0 Å². The van der Waals surface area contributed by atoms with Crippen molar-refractivity contribution in [3.63, 3.8) is 0 Å². The molecule has 3 aromatic rings. The van der Waals surface area contributed by atoms with Gasteiger partial charge in [0.1, 0.15) is 5.69 Å². The molecule has 2 aliphatic rings. The van der Waals surface area contributed by atoms with Gasteiger partial charge in [0.2, 0.25) is 5.91 Å². The van der Waals surface area contributed by atoms with Crippen LogP contribution in [0, 0.1) is 0 Å². The smallest absolute Gasteiger partial charge is 0.239 e. The van der Waals surface area contributed by atoms with Gasteiger partial charge in [0.15, 0.2) is 0 Å². The molecule has 0 unspecified atom stereocenters. The van der Waals surface area contributed by atoms with Gasteiger partial charge in [0.05, 0.1) is 11.7 Å². The highest BCUT2D eigenvalue weighted by molar-refractivity contribution is 6.30. The normalized spacial score (nSPS) is 19.4. The number of piperidine rings is 1. The average Bonchev–Trinajstić information content (AvgIpc) is 3.34. The van der Waals surface area contributed by atoms with Gasteiger partial charge in [-0.15, -0.1) is 17.5 Å². The van der Waals surface area contributed by atoms with E-state index in [2.05, 4.69) is 33.7 Å². The van der Waals surface area contributed by atoms with E-state index in [9.17, 15) is 4.79 Å². The Hall–Kier alpha value is -2.21. The molecule has 1 amide bonds. The van der Waals surface area contributed by atoms with Crippen LogP contribution in [0.4, 0.5) is 0 Å². The fourth-order valence-corrected chi connectivity index (χ4v) is 4.86. The first-order valence-corrected chi connectivity index (χ1v) is 11.1. The maximum absolute atomic E-state index is 12.7. The zero-order valence-electron chi connectivity index (χ0n) is 17.3. The summed E-state index contributed by atoms with van der Waals surface area (Å²) >= 11 is 6.05. The molecule has 162 valence electrons. The Labute approximate surface area is 193 Å². The number of likely N-dealkylation sites (tertiary alicyclic amines) is 1. The quantitative estimate of drug-likeness (QED) is 0.612. The van der Waals surface area contributed by atoms with Crippen molar-refractivity contribution in [1.29, 1.82) is 0 Å². The van der Waals surface area contributed by atoms with Gasteiger partial charge in [-0.1, -0.05) is 48.0 Å². The lowest BCUT2D eigenvalue weighted by Gasteiger charge is -2.33. The minimum Gasteiger partial charge on any atom is -0.341 e. The summed E-state index contributed by atoms with van der Waals surface area (Å²) in [6, 6.07) is 16.1. The Balaban J connectivity index is 0.00000231. The minimum absolute atomic E-state index is 0. The monoisotopic (exact) mass is 456 g/mol. The molecule has 1 atom stereocenters. The van der Waals surface area contributed by atoms with Crippen LogP contribution in [0.2, 0.25) is 5.02 Å². The van der Waals surface area contributed by atoms with Crippen LogP contribution in [0.25, 0.3) is 22.0 Å². The molecule has 1 aromatic heterocycles. The topological polar surface area (TPSA) is 58.1 Å². The van der Waals surface area contributed by atoms with Gasteiger partial charge in [-0.2, -0.15) is 5.10 Å². The molecule has 2 fully saturated rings. The van der Waals surface area contributed by atoms with Crippen LogP contribution in [0.3, 0.4) is 0 Å². The maximum Gasteiger partial charge on any atom is 0.239 e. The van der Waals surface area contributed by atoms with Gasteiger partial charge >= 0.3 is 0 Å². The van der Waals surface area contributed by atoms with E-state index in [1.54, 1.807) is 0 Å². The van der Waals surface area contributed by atoms with Crippen LogP contribution in [-0.2, 0) is 4.79 Å². The Morgan fingerprint density at radius 1 is 0.968 bits per heavy atom. The molecule has 31 heavy (non-hydrogen) atoms. The number of rotatable bonds is 3. The predicted octanol–water partition coefficient (Wildman–Crippen LogP) is 4.83. The summed E-state index contributed by atoms with van der Waals surface area (Å²) < 4.78 is 0. The van der Waals surface area contributed by atoms with Crippen molar-refractivity contribution in [2.75, 3.05) is 19.6 Å². The molecule has 0 radical (unpaired) electrons. The molecular formula is C24H26Cl2N4O. The fourth-order valence-electron chi connectivity index (χ4n) is 4.74. The summed E-state index contributed by atoms with van der Waals surface area (Å²) in [5.74, 6) is 0.585. The van der Waals surface area contributed by atoms with Crippen LogP contribution in [-0.4, -0.2) is 46.7 Å². The van der Waals surface area contributed by atoms with E-state index in [1.165, 1.54) is 0 Å². The Kier molecular flexibility index (Phi) is 6.75. The molecule has 2 aliphatic heterocycles. The Morgan fingerprint density at radius 3 is 2.35 bits per heavy atom. The highest BCUT2D eigenvalue weighted by Crippen LogP contribution is 2.35. The molecule has 3 heterocycles. The van der Waals surface area contributed by atoms with Crippen LogP contribution in [0.1, 0.15) is 37.3 Å². The SMILES string of the molecule is Cl.O=C([C@@H]1CCCN1)N1CCC(c2nnc(-c3ccc(Cl)cc3)c3ccccc23)CC1. The second-order valence-corrected chi connectivity index (χ2v) is 8.67. The van der Waals surface area contributed by atoms with Crippen LogP contribution < -0.4 is 5.32 Å². The van der Waals surface area contributed by atoms with Gasteiger partial charge in [-0.25, -0.2) is 0 Å². The van der Waals surface area contributed by atoms with E-state index in [0.29, 0.717) is 10.9 Å². The van der Waals surface area contributed by atoms with Gasteiger partial charge < -0.3 is 10.2 Å². The van der Waals surface area contributed by atoms with Gasteiger partial charge in [0.25, 0.3) is 0 Å². The standard InChI is InChI=1S/C24H25ClN4O.ClH/c25-18-9-7-16(8-10-18)22-19-4-1-2-5-20(19)23(28-27-22)17-11-14-29(15-12-17)24(30)21-6-3-13-26-21;/h1-2,4-5,7-10,17,21,26H,3,6,11-15H2;1H/t21-;/m0./s1. The number of amides is 1. The first-order valence-electron chi connectivity index (χ1n) is 10.7. The predicted molar refractivity (Wildman–Crippen MR) is 127 cm³/mol. The number of aromatic nitrogens is 2. The highest BCUT2D eigenvalue weighted by atomic mass is 35.5. The zero-order chi connectivity index (χ0) is 20.5. The molecule has 0 spiro atoms. The van der Waals surface area contributed by atoms with Crippen molar-refractivity contribution in [2.45, 2.75) is 37.6 Å². The van der Waals surface area contributed by atoms with Crippen molar-refractivity contribution in [2.24, 2.45) is 0 Å². The highest BCUT2D eigenvalue weighted by Gasteiger charge is 2.31. The molecule has 1 N–H and O–H groups in total. The molecule has 2 saturated heterocycles. The number of hydrogen-bond acceptors (Lipinski definition) is 4. The van der Waals surface area contributed by atoms with Crippen LogP contribution in [0.15, 0.2) is 48.5 Å². The number of fused-ring (bicyclic) bond motifs is 1. The third-order valence-electron chi connectivity index (χ3n) is 6.39. The number of hydrogen-bond donors (Lipinski definition) is 1. The van der Waals surface area contributed by atoms with E-state index >= 15 is 0 Å². The van der Waals surface area contributed by atoms with E-state index in [-0.39, 0.29) is 24.4 Å². The number of nitrogens with one attached hydrogen (secondary N) is 1. The fraction of sp³-hybridized carbons (Fsp3) is 0.375. The van der Waals surface area contributed by atoms with Gasteiger partial charge in [-0.05, 0) is 44.4 Å². The van der Waals surface area contributed by atoms with E-state index < -0.39 is 0 Å². The van der Waals surface area contributed by atoms with E-state index in [0.717, 1.165) is 73.0 Å². The summed E-state index contributed by atoms with van der Waals surface area (Å²) in [5, 5.41) is 15.6. The maximum atomic E-state index is 12.7. The second-order valence-electron chi connectivity index (χ2n) is 8.23. The van der Waals surface area contributed by atoms with Gasteiger partial charge in [-0.3, -0.25) is 4.79 Å². The molecule has 0 aliphatic carbocycles. The van der Waals surface area contributed by atoms with Gasteiger partial charge in [0, 0.05) is 40.4 Å². The third kappa shape index (κ3) is 4.40. The Morgan fingerprint density at radius 2 is 1.68 bits per heavy atom. The summed E-state index contributed by atoms with van der Waals surface area (Å²) in [4.78, 5) is 14.7. The van der Waals surface area contributed by atoms with Crippen molar-refractivity contribution >= 4 is 40.7 Å². The lowest BCUT2D eigenvalue weighted by Crippen LogP contribution is -2.46. The van der Waals surface area contributed by atoms with Crippen molar-refractivity contribution in [3.05, 3.63) is 59.2 Å². The largest absolute Gasteiger partial charge is 0.341 e. The number of benzene rings is 2. The summed E-state index contributed by atoms with van der Waals surface area (Å²) in [6.45, 7) is 2.53. The molecule has 5 nitrogen and oxygen atoms in total. The van der Waals surface area contributed by atoms with E-state index in [1.807, 2.05) is 35.2 Å². The first-order chi connectivity index (χ1) is 14.7. The molecule has 5 rings (SSSR count). The Bertz CT molecular complexity index is 1060. The first kappa shape index (κ1) is 22.0. The number of halogens is 2. The van der Waals surface area contributed by atoms with Crippen molar-refractivity contribution < 1.29 is 4.79 Å². The minimum atomic E-state index is 0. The number of carbonyl (C=O) groups excluding carboxylic acids is 1. The summed E-state index contributed by atoms with van der Waals surface area (Å²) in [5.41, 5.74) is 2.94. The zero-order valence-corrected chi connectivity index (χ0v) is 18.8.